The van der Waals surface area contributed by atoms with Crippen molar-refractivity contribution in [3.63, 3.8) is 0 Å². The molecular formula is C15H22O2. The molecule has 94 valence electrons. The largest absolute Gasteiger partial charge is 0.469 e. The van der Waals surface area contributed by atoms with Gasteiger partial charge in [-0.1, -0.05) is 6.08 Å². The van der Waals surface area contributed by atoms with Gasteiger partial charge in [-0.05, 0) is 62.2 Å². The summed E-state index contributed by atoms with van der Waals surface area (Å²) in [4.78, 5) is 12.1. The summed E-state index contributed by atoms with van der Waals surface area (Å²) in [5.74, 6) is 3.52. The molecule has 2 nitrogen and oxygen atoms in total. The van der Waals surface area contributed by atoms with E-state index in [1.807, 2.05) is 0 Å². The fourth-order valence-electron chi connectivity index (χ4n) is 5.25. The first-order valence-corrected chi connectivity index (χ1v) is 6.82. The second-order valence-electron chi connectivity index (χ2n) is 6.43. The third-order valence-electron chi connectivity index (χ3n) is 5.91. The Bertz CT molecular complexity index is 362. The van der Waals surface area contributed by atoms with Gasteiger partial charge in [-0.25, -0.2) is 0 Å². The number of carbonyl (C=O) groups excluding carboxylic acids is 1. The van der Waals surface area contributed by atoms with Gasteiger partial charge >= 0.3 is 5.97 Å². The third kappa shape index (κ3) is 1.30. The lowest BCUT2D eigenvalue weighted by Crippen LogP contribution is -2.41. The average molecular weight is 234 g/mol. The van der Waals surface area contributed by atoms with Crippen molar-refractivity contribution >= 4 is 5.97 Å². The van der Waals surface area contributed by atoms with Crippen molar-refractivity contribution in [1.29, 1.82) is 0 Å². The summed E-state index contributed by atoms with van der Waals surface area (Å²) in [5, 5.41) is 0. The van der Waals surface area contributed by atoms with Crippen LogP contribution in [-0.4, -0.2) is 13.1 Å². The van der Waals surface area contributed by atoms with Crippen LogP contribution in [0.4, 0.5) is 0 Å². The summed E-state index contributed by atoms with van der Waals surface area (Å²) < 4.78 is 5.04. The van der Waals surface area contributed by atoms with Crippen LogP contribution < -0.4 is 0 Å². The molecule has 0 N–H and O–H groups in total. The lowest BCUT2D eigenvalue weighted by molar-refractivity contribution is -0.157. The molecule has 3 rings (SSSR count). The summed E-state index contributed by atoms with van der Waals surface area (Å²) in [7, 11) is 1.52. The van der Waals surface area contributed by atoms with Crippen molar-refractivity contribution in [1.82, 2.24) is 0 Å². The van der Waals surface area contributed by atoms with Crippen LogP contribution in [0.15, 0.2) is 12.7 Å². The van der Waals surface area contributed by atoms with Crippen LogP contribution in [0.25, 0.3) is 0 Å². The van der Waals surface area contributed by atoms with Crippen LogP contribution in [0.5, 0.6) is 0 Å². The van der Waals surface area contributed by atoms with Crippen molar-refractivity contribution in [2.45, 2.75) is 32.6 Å². The van der Waals surface area contributed by atoms with Crippen molar-refractivity contribution in [2.24, 2.45) is 35.0 Å². The molecule has 0 heterocycles. The molecule has 6 atom stereocenters. The topological polar surface area (TPSA) is 26.3 Å². The van der Waals surface area contributed by atoms with Gasteiger partial charge in [0.1, 0.15) is 0 Å². The van der Waals surface area contributed by atoms with Crippen LogP contribution in [-0.2, 0) is 9.53 Å². The van der Waals surface area contributed by atoms with E-state index in [2.05, 4.69) is 19.6 Å². The zero-order chi connectivity index (χ0) is 12.2. The van der Waals surface area contributed by atoms with Gasteiger partial charge in [0.25, 0.3) is 0 Å². The molecule has 0 spiro atoms. The number of fused-ring (bicyclic) bond motifs is 5. The second-order valence-corrected chi connectivity index (χ2v) is 6.43. The van der Waals surface area contributed by atoms with Crippen LogP contribution >= 0.6 is 0 Å². The highest BCUT2D eigenvalue weighted by atomic mass is 16.5. The van der Waals surface area contributed by atoms with Gasteiger partial charge in [-0.2, -0.15) is 0 Å². The number of rotatable bonds is 2. The fraction of sp³-hybridized carbons (Fsp3) is 0.800. The first-order valence-electron chi connectivity index (χ1n) is 6.82. The maximum absolute atomic E-state index is 12.1. The van der Waals surface area contributed by atoms with Gasteiger partial charge in [0.15, 0.2) is 0 Å². The van der Waals surface area contributed by atoms with Crippen molar-refractivity contribution in [3.8, 4) is 0 Å². The smallest absolute Gasteiger partial charge is 0.311 e. The molecule has 3 saturated carbocycles. The molecule has 6 unspecified atom stereocenters. The number of carbonyl (C=O) groups is 1. The summed E-state index contributed by atoms with van der Waals surface area (Å²) >= 11 is 0. The minimum atomic E-state index is -0.216. The van der Waals surface area contributed by atoms with E-state index >= 15 is 0 Å². The number of allylic oxidation sites excluding steroid dienone is 1. The molecule has 2 heteroatoms. The van der Waals surface area contributed by atoms with E-state index in [9.17, 15) is 4.79 Å². The van der Waals surface area contributed by atoms with E-state index in [-0.39, 0.29) is 11.4 Å². The molecule has 0 aromatic rings. The summed E-state index contributed by atoms with van der Waals surface area (Å²) in [5.41, 5.74) is -0.216. The minimum Gasteiger partial charge on any atom is -0.469 e. The predicted octanol–water partition coefficient (Wildman–Crippen LogP) is 3.03. The van der Waals surface area contributed by atoms with E-state index in [1.165, 1.54) is 26.4 Å². The highest BCUT2D eigenvalue weighted by Gasteiger charge is 2.63. The van der Waals surface area contributed by atoms with Crippen molar-refractivity contribution in [3.05, 3.63) is 12.7 Å². The van der Waals surface area contributed by atoms with Crippen LogP contribution in [0, 0.1) is 35.0 Å². The standard InChI is InChI=1S/C15H22O2/c1-4-9-5-6-11-10-7-12(13(9)11)15(2,8-10)14(16)17-3/h4,9-13H,1,5-8H2,2-3H3. The third-order valence-corrected chi connectivity index (χ3v) is 5.91. The van der Waals surface area contributed by atoms with Crippen LogP contribution in [0.3, 0.4) is 0 Å². The second kappa shape index (κ2) is 3.60. The first kappa shape index (κ1) is 11.3. The molecule has 0 radical (unpaired) electrons. The predicted molar refractivity (Wildman–Crippen MR) is 66.2 cm³/mol. The number of hydrogen-bond acceptors (Lipinski definition) is 2. The number of esters is 1. The molecule has 0 aromatic heterocycles. The highest BCUT2D eigenvalue weighted by molar-refractivity contribution is 5.77. The molecule has 0 aromatic carbocycles. The fourth-order valence-corrected chi connectivity index (χ4v) is 5.25. The van der Waals surface area contributed by atoms with Gasteiger partial charge in [-0.15, -0.1) is 6.58 Å². The van der Waals surface area contributed by atoms with E-state index in [1.54, 1.807) is 0 Å². The minimum absolute atomic E-state index is 0.0122. The molecule has 3 aliphatic carbocycles. The van der Waals surface area contributed by atoms with Crippen LogP contribution in [0.2, 0.25) is 0 Å². The maximum atomic E-state index is 12.1. The summed E-state index contributed by atoms with van der Waals surface area (Å²) in [6.45, 7) is 6.11. The SMILES string of the molecule is C=CC1CCC2C3CC(C12)C(C)(C(=O)OC)C3. The zero-order valence-electron chi connectivity index (χ0n) is 10.8. The normalized spacial score (nSPS) is 51.3. The van der Waals surface area contributed by atoms with Crippen molar-refractivity contribution in [2.75, 3.05) is 7.11 Å². The Kier molecular flexibility index (Phi) is 2.39. The molecule has 3 fully saturated rings. The Morgan fingerprint density at radius 2 is 2.24 bits per heavy atom. The molecule has 2 bridgehead atoms. The Morgan fingerprint density at radius 1 is 1.47 bits per heavy atom. The van der Waals surface area contributed by atoms with Gasteiger partial charge in [0.2, 0.25) is 0 Å². The Labute approximate surface area is 103 Å². The molecule has 0 saturated heterocycles. The number of methoxy groups -OCH3 is 1. The molecule has 3 aliphatic rings. The maximum Gasteiger partial charge on any atom is 0.311 e. The average Bonchev–Trinajstić information content (AvgIpc) is 2.96. The highest BCUT2D eigenvalue weighted by Crippen LogP contribution is 2.67. The quantitative estimate of drug-likeness (QED) is 0.542. The van der Waals surface area contributed by atoms with Gasteiger partial charge in [-0.3, -0.25) is 4.79 Å². The monoisotopic (exact) mass is 234 g/mol. The summed E-state index contributed by atoms with van der Waals surface area (Å²) in [6, 6.07) is 0. The Hall–Kier alpha value is -0.790. The Morgan fingerprint density at radius 3 is 2.88 bits per heavy atom. The van der Waals surface area contributed by atoms with Gasteiger partial charge in [0, 0.05) is 0 Å². The van der Waals surface area contributed by atoms with Crippen LogP contribution in [0.1, 0.15) is 32.6 Å². The molecule has 17 heavy (non-hydrogen) atoms. The van der Waals surface area contributed by atoms with E-state index in [0.717, 1.165) is 18.3 Å². The zero-order valence-corrected chi connectivity index (χ0v) is 10.8. The first-order chi connectivity index (χ1) is 8.11. The van der Waals surface area contributed by atoms with E-state index in [4.69, 9.17) is 4.74 Å². The molecule has 0 aliphatic heterocycles. The lowest BCUT2D eigenvalue weighted by atomic mass is 9.65. The number of ether oxygens (including phenoxy) is 1. The molecular weight excluding hydrogens is 212 g/mol. The van der Waals surface area contributed by atoms with Crippen molar-refractivity contribution < 1.29 is 9.53 Å². The van der Waals surface area contributed by atoms with Gasteiger partial charge < -0.3 is 4.74 Å². The number of hydrogen-bond donors (Lipinski definition) is 0. The summed E-state index contributed by atoms with van der Waals surface area (Å²) in [6.07, 6.45) is 7.05. The van der Waals surface area contributed by atoms with E-state index in [0.29, 0.717) is 17.8 Å². The Balaban J connectivity index is 1.91. The van der Waals surface area contributed by atoms with E-state index < -0.39 is 0 Å². The van der Waals surface area contributed by atoms with Gasteiger partial charge in [0.05, 0.1) is 12.5 Å². The molecule has 0 amide bonds. The lowest BCUT2D eigenvalue weighted by Gasteiger charge is -2.39.